The lowest BCUT2D eigenvalue weighted by atomic mass is 10.1. The number of pyridine rings is 1. The van der Waals surface area contributed by atoms with Crippen LogP contribution < -0.4 is 10.2 Å². The van der Waals surface area contributed by atoms with Crippen LogP contribution in [0.5, 0.6) is 0 Å². The van der Waals surface area contributed by atoms with Gasteiger partial charge in [0.2, 0.25) is 0 Å². The van der Waals surface area contributed by atoms with Crippen molar-refractivity contribution in [1.82, 2.24) is 10.3 Å². The van der Waals surface area contributed by atoms with Crippen molar-refractivity contribution >= 4 is 5.82 Å². The van der Waals surface area contributed by atoms with E-state index in [0.29, 0.717) is 6.04 Å². The van der Waals surface area contributed by atoms with Crippen LogP contribution in [-0.2, 0) is 6.54 Å². The quantitative estimate of drug-likeness (QED) is 0.818. The molecule has 1 aromatic heterocycles. The average molecular weight is 233 g/mol. The van der Waals surface area contributed by atoms with Gasteiger partial charge in [0.1, 0.15) is 5.82 Å². The van der Waals surface area contributed by atoms with Gasteiger partial charge in [-0.05, 0) is 38.3 Å². The molecule has 1 aromatic rings. The topological polar surface area (TPSA) is 28.2 Å². The van der Waals surface area contributed by atoms with Crippen molar-refractivity contribution in [3.8, 4) is 0 Å². The van der Waals surface area contributed by atoms with Gasteiger partial charge in [-0.3, -0.25) is 0 Å². The zero-order valence-corrected chi connectivity index (χ0v) is 11.1. The highest BCUT2D eigenvalue weighted by Gasteiger charge is 2.31. The molecule has 1 saturated carbocycles. The van der Waals surface area contributed by atoms with Crippen molar-refractivity contribution in [2.45, 2.75) is 39.3 Å². The highest BCUT2D eigenvalue weighted by atomic mass is 15.2. The number of aromatic nitrogens is 1. The molecule has 0 amide bonds. The first-order chi connectivity index (χ1) is 8.24. The Balaban J connectivity index is 2.11. The molecule has 1 unspecified atom stereocenters. The summed E-state index contributed by atoms with van der Waals surface area (Å²) in [6.45, 7) is 6.34. The van der Waals surface area contributed by atoms with Crippen LogP contribution in [0.4, 0.5) is 5.82 Å². The number of nitrogens with one attached hydrogen (secondary N) is 1. The molecule has 1 atom stereocenters. The third-order valence-corrected chi connectivity index (χ3v) is 3.68. The lowest BCUT2D eigenvalue weighted by molar-refractivity contribution is 0.599. The summed E-state index contributed by atoms with van der Waals surface area (Å²) >= 11 is 0. The molecular formula is C14H23N3. The Hall–Kier alpha value is -1.09. The maximum absolute atomic E-state index is 4.55. The molecule has 0 aromatic carbocycles. The zero-order chi connectivity index (χ0) is 12.3. The van der Waals surface area contributed by atoms with E-state index in [1.807, 2.05) is 12.3 Å². The fourth-order valence-electron chi connectivity index (χ4n) is 2.23. The van der Waals surface area contributed by atoms with E-state index in [0.717, 1.165) is 24.8 Å². The van der Waals surface area contributed by atoms with E-state index in [-0.39, 0.29) is 0 Å². The van der Waals surface area contributed by atoms with E-state index in [2.05, 4.69) is 42.2 Å². The summed E-state index contributed by atoms with van der Waals surface area (Å²) in [7, 11) is 2.17. The number of hydrogen-bond donors (Lipinski definition) is 1. The number of nitrogens with zero attached hydrogens (tertiary/aromatic N) is 2. The molecule has 1 fully saturated rings. The van der Waals surface area contributed by atoms with Gasteiger partial charge in [-0.1, -0.05) is 13.0 Å². The van der Waals surface area contributed by atoms with E-state index in [4.69, 9.17) is 0 Å². The fourth-order valence-corrected chi connectivity index (χ4v) is 2.23. The summed E-state index contributed by atoms with van der Waals surface area (Å²) in [6.07, 6.45) is 4.64. The minimum atomic E-state index is 0.602. The van der Waals surface area contributed by atoms with Gasteiger partial charge >= 0.3 is 0 Å². The fraction of sp³-hybridized carbons (Fsp3) is 0.643. The normalized spacial score (nSPS) is 16.9. The highest BCUT2D eigenvalue weighted by Crippen LogP contribution is 2.36. The third-order valence-electron chi connectivity index (χ3n) is 3.68. The summed E-state index contributed by atoms with van der Waals surface area (Å²) in [5.74, 6) is 2.00. The molecule has 0 radical (unpaired) electrons. The molecule has 1 N–H and O–H groups in total. The summed E-state index contributed by atoms with van der Waals surface area (Å²) in [5, 5.41) is 3.38. The summed E-state index contributed by atoms with van der Waals surface area (Å²) in [5.41, 5.74) is 1.30. The monoisotopic (exact) mass is 233 g/mol. The Kier molecular flexibility index (Phi) is 4.00. The minimum Gasteiger partial charge on any atom is -0.356 e. The van der Waals surface area contributed by atoms with Crippen molar-refractivity contribution in [3.05, 3.63) is 23.9 Å². The second-order valence-corrected chi connectivity index (χ2v) is 4.96. The second-order valence-electron chi connectivity index (χ2n) is 4.96. The maximum atomic E-state index is 4.55. The molecule has 0 aliphatic heterocycles. The lowest BCUT2D eigenvalue weighted by Crippen LogP contribution is -2.32. The molecule has 3 heteroatoms. The molecular weight excluding hydrogens is 210 g/mol. The van der Waals surface area contributed by atoms with Gasteiger partial charge in [-0.15, -0.1) is 0 Å². The summed E-state index contributed by atoms with van der Waals surface area (Å²) in [4.78, 5) is 6.89. The van der Waals surface area contributed by atoms with Crippen molar-refractivity contribution < 1.29 is 0 Å². The second kappa shape index (κ2) is 5.50. The molecule has 0 spiro atoms. The Morgan fingerprint density at radius 2 is 2.29 bits per heavy atom. The molecule has 1 aliphatic rings. The maximum Gasteiger partial charge on any atom is 0.132 e. The van der Waals surface area contributed by atoms with E-state index < -0.39 is 0 Å². The highest BCUT2D eigenvalue weighted by molar-refractivity contribution is 5.47. The van der Waals surface area contributed by atoms with Gasteiger partial charge in [0.25, 0.3) is 0 Å². The minimum absolute atomic E-state index is 0.602. The predicted octanol–water partition coefficient (Wildman–Crippen LogP) is 2.43. The average Bonchev–Trinajstić information content (AvgIpc) is 3.19. The van der Waals surface area contributed by atoms with Crippen LogP contribution in [0.15, 0.2) is 18.3 Å². The third kappa shape index (κ3) is 2.97. The van der Waals surface area contributed by atoms with E-state index in [9.17, 15) is 0 Å². The molecule has 0 bridgehead atoms. The lowest BCUT2D eigenvalue weighted by Gasteiger charge is -2.27. The van der Waals surface area contributed by atoms with Crippen LogP contribution in [0, 0.1) is 5.92 Å². The Labute approximate surface area is 104 Å². The molecule has 1 aliphatic carbocycles. The van der Waals surface area contributed by atoms with Crippen LogP contribution in [0.25, 0.3) is 0 Å². The van der Waals surface area contributed by atoms with Crippen LogP contribution >= 0.6 is 0 Å². The number of hydrogen-bond acceptors (Lipinski definition) is 3. The standard InChI is InChI=1S/C14H23N3/c1-4-15-10-13-6-5-9-16-14(13)17(3)11(2)12-7-8-12/h5-6,9,11-12,15H,4,7-8,10H2,1-3H3. The molecule has 3 nitrogen and oxygen atoms in total. The Bertz CT molecular complexity index is 360. The SMILES string of the molecule is CCNCc1cccnc1N(C)C(C)C1CC1. The van der Waals surface area contributed by atoms with Crippen LogP contribution in [0.1, 0.15) is 32.3 Å². The van der Waals surface area contributed by atoms with Gasteiger partial charge in [-0.25, -0.2) is 4.98 Å². The van der Waals surface area contributed by atoms with Gasteiger partial charge in [-0.2, -0.15) is 0 Å². The van der Waals surface area contributed by atoms with Crippen molar-refractivity contribution in [1.29, 1.82) is 0 Å². The van der Waals surface area contributed by atoms with E-state index >= 15 is 0 Å². The smallest absolute Gasteiger partial charge is 0.132 e. The van der Waals surface area contributed by atoms with Gasteiger partial charge in [0.15, 0.2) is 0 Å². The first kappa shape index (κ1) is 12.4. The molecule has 2 rings (SSSR count). The molecule has 1 heterocycles. The van der Waals surface area contributed by atoms with Crippen LogP contribution in [-0.4, -0.2) is 24.6 Å². The Morgan fingerprint density at radius 3 is 2.94 bits per heavy atom. The van der Waals surface area contributed by atoms with E-state index in [1.165, 1.54) is 18.4 Å². The van der Waals surface area contributed by atoms with Crippen molar-refractivity contribution in [3.63, 3.8) is 0 Å². The van der Waals surface area contributed by atoms with Crippen molar-refractivity contribution in [2.75, 3.05) is 18.5 Å². The summed E-state index contributed by atoms with van der Waals surface area (Å²) in [6, 6.07) is 4.79. The first-order valence-corrected chi connectivity index (χ1v) is 6.61. The Morgan fingerprint density at radius 1 is 1.53 bits per heavy atom. The first-order valence-electron chi connectivity index (χ1n) is 6.61. The largest absolute Gasteiger partial charge is 0.356 e. The summed E-state index contributed by atoms with van der Waals surface area (Å²) < 4.78 is 0. The van der Waals surface area contributed by atoms with E-state index in [1.54, 1.807) is 0 Å². The van der Waals surface area contributed by atoms with Gasteiger partial charge < -0.3 is 10.2 Å². The van der Waals surface area contributed by atoms with Gasteiger partial charge in [0.05, 0.1) is 0 Å². The predicted molar refractivity (Wildman–Crippen MR) is 72.2 cm³/mol. The number of rotatable bonds is 6. The molecule has 94 valence electrons. The molecule has 0 saturated heterocycles. The van der Waals surface area contributed by atoms with Crippen LogP contribution in [0.2, 0.25) is 0 Å². The molecule has 17 heavy (non-hydrogen) atoms. The zero-order valence-electron chi connectivity index (χ0n) is 11.1. The van der Waals surface area contributed by atoms with Crippen molar-refractivity contribution in [2.24, 2.45) is 5.92 Å². The van der Waals surface area contributed by atoms with Gasteiger partial charge in [0, 0.05) is 31.4 Å². The van der Waals surface area contributed by atoms with Crippen LogP contribution in [0.3, 0.4) is 0 Å². The number of anilines is 1.